The molecule has 0 saturated carbocycles. The number of benzene rings is 2. The first kappa shape index (κ1) is 10.9. The summed E-state index contributed by atoms with van der Waals surface area (Å²) in [6, 6.07) is 16.7. The van der Waals surface area contributed by atoms with Gasteiger partial charge in [0.05, 0.1) is 0 Å². The Morgan fingerprint density at radius 2 is 0.857 bits per heavy atom. The number of fused-ring (bicyclic) bond motifs is 1. The molecular formula is C10H11O3Si. The Kier molecular flexibility index (Phi) is 4.28. The molecule has 1 radical (unpaired) electrons. The van der Waals surface area contributed by atoms with E-state index in [-0.39, 0.29) is 0 Å². The van der Waals surface area contributed by atoms with Crippen molar-refractivity contribution in [2.75, 3.05) is 0 Å². The summed E-state index contributed by atoms with van der Waals surface area (Å²) in [7, 11) is -2.88. The van der Waals surface area contributed by atoms with Gasteiger partial charge in [-0.15, -0.1) is 0 Å². The molecule has 14 heavy (non-hydrogen) atoms. The maximum atomic E-state index is 7.27. The van der Waals surface area contributed by atoms with Gasteiger partial charge in [0, 0.05) is 0 Å². The van der Waals surface area contributed by atoms with E-state index in [0.717, 1.165) is 0 Å². The van der Waals surface area contributed by atoms with Crippen LogP contribution in [0.3, 0.4) is 0 Å². The Morgan fingerprint density at radius 3 is 1.07 bits per heavy atom. The molecule has 0 saturated heterocycles. The number of hydrogen-bond donors (Lipinski definition) is 3. The largest absolute Gasteiger partial charge is 0.569 e. The summed E-state index contributed by atoms with van der Waals surface area (Å²) in [4.78, 5) is 21.8. The van der Waals surface area contributed by atoms with Crippen molar-refractivity contribution in [2.45, 2.75) is 0 Å². The maximum absolute atomic E-state index is 7.27. The van der Waals surface area contributed by atoms with E-state index in [0.29, 0.717) is 0 Å². The second-order valence-corrected chi connectivity index (χ2v) is 3.25. The Hall–Kier alpha value is -1.20. The van der Waals surface area contributed by atoms with Crippen molar-refractivity contribution in [3.05, 3.63) is 48.5 Å². The minimum absolute atomic E-state index is 1.31. The highest BCUT2D eigenvalue weighted by Gasteiger charge is 1.89. The number of rotatable bonds is 0. The zero-order chi connectivity index (χ0) is 10.4. The van der Waals surface area contributed by atoms with Crippen LogP contribution in [-0.2, 0) is 0 Å². The molecule has 0 aromatic heterocycles. The molecular weight excluding hydrogens is 196 g/mol. The fourth-order valence-corrected chi connectivity index (χ4v) is 1.13. The molecule has 3 N–H and O–H groups in total. The van der Waals surface area contributed by atoms with Gasteiger partial charge < -0.3 is 14.4 Å². The molecule has 3 nitrogen and oxygen atoms in total. The highest BCUT2D eigenvalue weighted by atomic mass is 28.3. The summed E-state index contributed by atoms with van der Waals surface area (Å²) in [5, 5.41) is 2.62. The molecule has 2 aromatic rings. The normalized spacial score (nSPS) is 9.71. The second kappa shape index (κ2) is 5.51. The molecule has 2 rings (SSSR count). The quantitative estimate of drug-likeness (QED) is 0.560. The zero-order valence-corrected chi connectivity index (χ0v) is 8.46. The molecule has 0 atom stereocenters. The molecule has 2 aromatic carbocycles. The van der Waals surface area contributed by atoms with Gasteiger partial charge in [-0.2, -0.15) is 0 Å². The summed E-state index contributed by atoms with van der Waals surface area (Å²) in [5.41, 5.74) is 0. The summed E-state index contributed by atoms with van der Waals surface area (Å²) in [6.07, 6.45) is 0. The van der Waals surface area contributed by atoms with Crippen molar-refractivity contribution in [3.8, 4) is 0 Å². The summed E-state index contributed by atoms with van der Waals surface area (Å²) in [5.74, 6) is 0. The molecule has 0 unspecified atom stereocenters. The lowest BCUT2D eigenvalue weighted by Crippen LogP contribution is -2.07. The lowest BCUT2D eigenvalue weighted by molar-refractivity contribution is 0.278. The van der Waals surface area contributed by atoms with Crippen LogP contribution in [0.2, 0.25) is 0 Å². The summed E-state index contributed by atoms with van der Waals surface area (Å²) in [6.45, 7) is 0. The van der Waals surface area contributed by atoms with E-state index in [2.05, 4.69) is 48.5 Å². The fourth-order valence-electron chi connectivity index (χ4n) is 1.13. The topological polar surface area (TPSA) is 60.7 Å². The van der Waals surface area contributed by atoms with E-state index in [1.807, 2.05) is 0 Å². The predicted octanol–water partition coefficient (Wildman–Crippen LogP) is 0.788. The lowest BCUT2D eigenvalue weighted by atomic mass is 10.1. The van der Waals surface area contributed by atoms with Gasteiger partial charge in [0.25, 0.3) is 0 Å². The highest BCUT2D eigenvalue weighted by Crippen LogP contribution is 2.11. The van der Waals surface area contributed by atoms with Crippen LogP contribution in [0.15, 0.2) is 48.5 Å². The van der Waals surface area contributed by atoms with Gasteiger partial charge in [0.1, 0.15) is 0 Å². The molecule has 73 valence electrons. The van der Waals surface area contributed by atoms with E-state index in [1.54, 1.807) is 0 Å². The van der Waals surface area contributed by atoms with Crippen LogP contribution in [0.25, 0.3) is 10.8 Å². The average molecular weight is 207 g/mol. The van der Waals surface area contributed by atoms with Crippen molar-refractivity contribution in [3.63, 3.8) is 0 Å². The van der Waals surface area contributed by atoms with Gasteiger partial charge in [-0.25, -0.2) is 0 Å². The van der Waals surface area contributed by atoms with E-state index in [4.69, 9.17) is 14.4 Å². The van der Waals surface area contributed by atoms with Crippen LogP contribution >= 0.6 is 0 Å². The van der Waals surface area contributed by atoms with Crippen LogP contribution < -0.4 is 0 Å². The van der Waals surface area contributed by atoms with Gasteiger partial charge >= 0.3 is 9.53 Å². The van der Waals surface area contributed by atoms with E-state index < -0.39 is 9.53 Å². The zero-order valence-electron chi connectivity index (χ0n) is 7.46. The molecule has 0 aliphatic heterocycles. The molecule has 0 aliphatic carbocycles. The van der Waals surface area contributed by atoms with E-state index >= 15 is 0 Å². The van der Waals surface area contributed by atoms with Crippen molar-refractivity contribution >= 4 is 20.3 Å². The monoisotopic (exact) mass is 207 g/mol. The SMILES string of the molecule is O[Si](O)O.c1ccc2ccccc2c1. The Labute approximate surface area is 83.8 Å². The summed E-state index contributed by atoms with van der Waals surface area (Å²) < 4.78 is 0. The van der Waals surface area contributed by atoms with Crippen LogP contribution in [0.4, 0.5) is 0 Å². The van der Waals surface area contributed by atoms with Crippen LogP contribution in [0.5, 0.6) is 0 Å². The molecule has 0 bridgehead atoms. The smallest absolute Gasteiger partial charge is 0.388 e. The lowest BCUT2D eigenvalue weighted by Gasteiger charge is -1.92. The molecule has 0 fully saturated rings. The minimum atomic E-state index is -2.88. The van der Waals surface area contributed by atoms with Gasteiger partial charge in [0.2, 0.25) is 0 Å². The standard InChI is InChI=1S/C10H8.H3O3Si/c1-2-6-10-8-4-3-7-9(10)5-1;1-4(2)3/h1-8H;1-3H. The second-order valence-electron chi connectivity index (χ2n) is 2.65. The molecule has 0 spiro atoms. The maximum Gasteiger partial charge on any atom is 0.569 e. The van der Waals surface area contributed by atoms with E-state index in [1.165, 1.54) is 10.8 Å². The van der Waals surface area contributed by atoms with Crippen LogP contribution in [0, 0.1) is 0 Å². The third-order valence-electron chi connectivity index (χ3n) is 1.66. The third kappa shape index (κ3) is 3.67. The van der Waals surface area contributed by atoms with Gasteiger partial charge in [-0.3, -0.25) is 0 Å². The Morgan fingerprint density at radius 1 is 0.643 bits per heavy atom. The molecule has 4 heteroatoms. The number of hydrogen-bond acceptors (Lipinski definition) is 3. The summed E-state index contributed by atoms with van der Waals surface area (Å²) >= 11 is 0. The molecule has 0 heterocycles. The third-order valence-corrected chi connectivity index (χ3v) is 1.66. The first-order valence-corrected chi connectivity index (χ1v) is 5.42. The van der Waals surface area contributed by atoms with Gasteiger partial charge in [-0.1, -0.05) is 48.5 Å². The van der Waals surface area contributed by atoms with Gasteiger partial charge in [0.15, 0.2) is 0 Å². The molecule has 0 amide bonds. The molecule has 0 aliphatic rings. The van der Waals surface area contributed by atoms with Crippen molar-refractivity contribution in [2.24, 2.45) is 0 Å². The van der Waals surface area contributed by atoms with E-state index in [9.17, 15) is 0 Å². The highest BCUT2D eigenvalue weighted by molar-refractivity contribution is 6.30. The predicted molar refractivity (Wildman–Crippen MR) is 56.4 cm³/mol. The van der Waals surface area contributed by atoms with Crippen molar-refractivity contribution in [1.29, 1.82) is 0 Å². The van der Waals surface area contributed by atoms with Crippen molar-refractivity contribution < 1.29 is 14.4 Å². The van der Waals surface area contributed by atoms with Gasteiger partial charge in [-0.05, 0) is 10.8 Å². The van der Waals surface area contributed by atoms with Crippen LogP contribution in [-0.4, -0.2) is 23.9 Å². The first-order valence-electron chi connectivity index (χ1n) is 4.08. The van der Waals surface area contributed by atoms with Crippen LogP contribution in [0.1, 0.15) is 0 Å². The Bertz CT molecular complexity index is 322. The average Bonchev–Trinajstić information content (AvgIpc) is 2.17. The van der Waals surface area contributed by atoms with Crippen molar-refractivity contribution in [1.82, 2.24) is 0 Å². The minimum Gasteiger partial charge on any atom is -0.388 e. The Balaban J connectivity index is 0.000000213. The first-order chi connectivity index (χ1) is 6.70. The fraction of sp³-hybridized carbons (Fsp3) is 0.